The van der Waals surface area contributed by atoms with Gasteiger partial charge < -0.3 is 11.1 Å². The molecule has 5 heteroatoms. The van der Waals surface area contributed by atoms with E-state index in [4.69, 9.17) is 23.8 Å². The van der Waals surface area contributed by atoms with Gasteiger partial charge in [0, 0.05) is 29.4 Å². The van der Waals surface area contributed by atoms with Crippen molar-refractivity contribution in [3.63, 3.8) is 0 Å². The molecule has 0 saturated heterocycles. The Kier molecular flexibility index (Phi) is 5.36. The Morgan fingerprint density at radius 2 is 2.04 bits per heavy atom. The fourth-order valence-electron chi connectivity index (χ4n) is 3.86. The quantitative estimate of drug-likeness (QED) is 0.451. The van der Waals surface area contributed by atoms with E-state index in [1.54, 1.807) is 11.3 Å². The van der Waals surface area contributed by atoms with Gasteiger partial charge in [0.2, 0.25) is 0 Å². The van der Waals surface area contributed by atoms with E-state index in [2.05, 4.69) is 28.4 Å². The maximum Gasteiger partial charge on any atom is 0.131 e. The molecule has 27 heavy (non-hydrogen) atoms. The minimum absolute atomic E-state index is 0.162. The molecule has 3 aromatic rings. The van der Waals surface area contributed by atoms with Gasteiger partial charge in [-0.05, 0) is 18.4 Å². The topological polar surface area (TPSA) is 50.9 Å². The van der Waals surface area contributed by atoms with Crippen molar-refractivity contribution in [3.05, 3.63) is 57.6 Å². The number of rotatable bonds is 4. The van der Waals surface area contributed by atoms with E-state index in [0.29, 0.717) is 11.1 Å². The summed E-state index contributed by atoms with van der Waals surface area (Å²) in [5.41, 5.74) is 10.3. The Morgan fingerprint density at radius 1 is 1.26 bits per heavy atom. The highest BCUT2D eigenvalue weighted by molar-refractivity contribution is 7.20. The van der Waals surface area contributed by atoms with E-state index >= 15 is 0 Å². The van der Waals surface area contributed by atoms with Crippen LogP contribution in [-0.4, -0.2) is 11.0 Å². The highest BCUT2D eigenvalue weighted by atomic mass is 35.5. The van der Waals surface area contributed by atoms with Crippen LogP contribution in [0.5, 0.6) is 0 Å². The predicted molar refractivity (Wildman–Crippen MR) is 116 cm³/mol. The summed E-state index contributed by atoms with van der Waals surface area (Å²) in [7, 11) is 0. The van der Waals surface area contributed by atoms with Gasteiger partial charge in [-0.15, -0.1) is 17.8 Å². The minimum Gasteiger partial charge on any atom is -0.380 e. The molecular formula is C22H22ClN3S. The summed E-state index contributed by atoms with van der Waals surface area (Å²) in [5, 5.41) is 3.96. The minimum atomic E-state index is 0.162. The summed E-state index contributed by atoms with van der Waals surface area (Å²) in [6.07, 6.45) is 10.4. The number of nitrogens with one attached hydrogen (secondary N) is 1. The largest absolute Gasteiger partial charge is 0.380 e. The highest BCUT2D eigenvalue weighted by Crippen LogP contribution is 2.43. The summed E-state index contributed by atoms with van der Waals surface area (Å²) in [5.74, 6) is 3.18. The molecule has 0 amide bonds. The highest BCUT2D eigenvalue weighted by Gasteiger charge is 2.29. The lowest BCUT2D eigenvalue weighted by atomic mass is 9.83. The van der Waals surface area contributed by atoms with Crippen LogP contribution in [0.25, 0.3) is 10.2 Å². The predicted octanol–water partition coefficient (Wildman–Crippen LogP) is 5.53. The van der Waals surface area contributed by atoms with Crippen molar-refractivity contribution in [1.82, 2.24) is 4.98 Å². The zero-order valence-corrected chi connectivity index (χ0v) is 16.6. The summed E-state index contributed by atoms with van der Waals surface area (Å²) < 4.78 is 1.07. The molecule has 3 nitrogen and oxygen atoms in total. The zero-order chi connectivity index (χ0) is 18.8. The lowest BCUT2D eigenvalue weighted by molar-refractivity contribution is 0.389. The van der Waals surface area contributed by atoms with E-state index < -0.39 is 0 Å². The number of benzene rings is 1. The second-order valence-corrected chi connectivity index (χ2v) is 8.49. The summed E-state index contributed by atoms with van der Waals surface area (Å²) >= 11 is 8.04. The molecule has 0 aliphatic heterocycles. The van der Waals surface area contributed by atoms with E-state index in [1.807, 2.05) is 24.3 Å². The van der Waals surface area contributed by atoms with Crippen LogP contribution in [0.2, 0.25) is 5.15 Å². The lowest BCUT2D eigenvalue weighted by Crippen LogP contribution is -2.31. The maximum atomic E-state index is 6.44. The molecule has 3 N–H and O–H groups in total. The second kappa shape index (κ2) is 7.90. The normalized spacial score (nSPS) is 19.7. The number of terminal acetylenes is 1. The van der Waals surface area contributed by atoms with Gasteiger partial charge in [-0.25, -0.2) is 4.98 Å². The van der Waals surface area contributed by atoms with Crippen LogP contribution in [0.4, 0.5) is 5.69 Å². The number of fused-ring (bicyclic) bond motifs is 1. The average Bonchev–Trinajstić information content (AvgIpc) is 3.05. The molecule has 0 spiro atoms. The van der Waals surface area contributed by atoms with Gasteiger partial charge in [0.25, 0.3) is 0 Å². The average molecular weight is 396 g/mol. The SMILES string of the molecule is C#Cc1c([C@@H]2CCCC[C@H]2N)sc2c(NCc3ccccc3)cc(Cl)nc12. The van der Waals surface area contributed by atoms with Crippen LogP contribution < -0.4 is 11.1 Å². The fourth-order valence-corrected chi connectivity index (χ4v) is 5.46. The first-order valence-corrected chi connectivity index (χ1v) is 10.5. The van der Waals surface area contributed by atoms with E-state index in [-0.39, 0.29) is 6.04 Å². The van der Waals surface area contributed by atoms with Gasteiger partial charge >= 0.3 is 0 Å². The van der Waals surface area contributed by atoms with Crippen molar-refractivity contribution < 1.29 is 0 Å². The van der Waals surface area contributed by atoms with Crippen LogP contribution in [-0.2, 0) is 6.54 Å². The molecule has 2 atom stereocenters. The van der Waals surface area contributed by atoms with Crippen LogP contribution in [0.1, 0.15) is 47.6 Å². The zero-order valence-electron chi connectivity index (χ0n) is 15.0. The molecule has 1 fully saturated rings. The molecule has 1 aliphatic rings. The third-order valence-corrected chi connectivity index (χ3v) is 6.80. The number of nitrogens with zero attached hydrogens (tertiary/aromatic N) is 1. The smallest absolute Gasteiger partial charge is 0.131 e. The molecule has 2 aromatic heterocycles. The van der Waals surface area contributed by atoms with Crippen molar-refractivity contribution >= 4 is 38.8 Å². The number of nitrogens with two attached hydrogens (primary N) is 1. The van der Waals surface area contributed by atoms with Crippen molar-refractivity contribution in [2.75, 3.05) is 5.32 Å². The van der Waals surface area contributed by atoms with Gasteiger partial charge in [0.1, 0.15) is 10.7 Å². The van der Waals surface area contributed by atoms with Crippen LogP contribution in [0, 0.1) is 12.3 Å². The number of hydrogen-bond acceptors (Lipinski definition) is 4. The third kappa shape index (κ3) is 3.68. The maximum absolute atomic E-state index is 6.44. The van der Waals surface area contributed by atoms with Gasteiger partial charge in [-0.3, -0.25) is 0 Å². The Labute approximate surface area is 169 Å². The Morgan fingerprint density at radius 3 is 2.78 bits per heavy atom. The number of hydrogen-bond donors (Lipinski definition) is 2. The van der Waals surface area contributed by atoms with Gasteiger partial charge in [0.05, 0.1) is 16.0 Å². The second-order valence-electron chi connectivity index (χ2n) is 7.05. The van der Waals surface area contributed by atoms with E-state index in [1.165, 1.54) is 23.3 Å². The molecule has 4 rings (SSSR count). The summed E-state index contributed by atoms with van der Waals surface area (Å²) in [6.45, 7) is 0.720. The van der Waals surface area contributed by atoms with Crippen LogP contribution in [0.15, 0.2) is 36.4 Å². The number of anilines is 1. The van der Waals surface area contributed by atoms with Gasteiger partial charge in [-0.2, -0.15) is 0 Å². The Bertz CT molecular complexity index is 990. The molecular weight excluding hydrogens is 374 g/mol. The van der Waals surface area contributed by atoms with Crippen molar-refractivity contribution in [2.24, 2.45) is 5.73 Å². The first kappa shape index (κ1) is 18.3. The van der Waals surface area contributed by atoms with E-state index in [0.717, 1.165) is 40.9 Å². The number of thiophene rings is 1. The molecule has 1 saturated carbocycles. The molecule has 1 aromatic carbocycles. The molecule has 1 aliphatic carbocycles. The molecule has 0 bridgehead atoms. The van der Waals surface area contributed by atoms with Gasteiger partial charge in [-0.1, -0.05) is 60.7 Å². The number of aromatic nitrogens is 1. The monoisotopic (exact) mass is 395 g/mol. The first-order chi connectivity index (χ1) is 13.2. The molecule has 138 valence electrons. The number of pyridine rings is 1. The standard InChI is InChI=1S/C22H22ClN3S/c1-2-15-20-22(27-21(15)16-10-6-7-11-17(16)24)18(12-19(23)26-20)25-13-14-8-4-3-5-9-14/h1,3-5,8-9,12,16-17H,6-7,10-11,13,24H2,(H,25,26)/t16-,17-/m1/s1. The van der Waals surface area contributed by atoms with Crippen molar-refractivity contribution in [2.45, 2.75) is 44.2 Å². The molecule has 0 unspecified atom stereocenters. The van der Waals surface area contributed by atoms with Crippen molar-refractivity contribution in [1.29, 1.82) is 0 Å². The van der Waals surface area contributed by atoms with Crippen LogP contribution in [0.3, 0.4) is 0 Å². The fraction of sp³-hybridized carbons (Fsp3) is 0.318. The van der Waals surface area contributed by atoms with Crippen LogP contribution >= 0.6 is 22.9 Å². The Balaban J connectivity index is 1.75. The van der Waals surface area contributed by atoms with Crippen molar-refractivity contribution in [3.8, 4) is 12.3 Å². The van der Waals surface area contributed by atoms with Gasteiger partial charge in [0.15, 0.2) is 0 Å². The summed E-state index contributed by atoms with van der Waals surface area (Å²) in [4.78, 5) is 5.75. The third-order valence-electron chi connectivity index (χ3n) is 5.26. The molecule has 0 radical (unpaired) electrons. The number of halogens is 1. The Hall–Kier alpha value is -2.06. The lowest BCUT2D eigenvalue weighted by Gasteiger charge is -2.28. The summed E-state index contributed by atoms with van der Waals surface area (Å²) in [6, 6.07) is 12.3. The van der Waals surface area contributed by atoms with E-state index in [9.17, 15) is 0 Å². The first-order valence-electron chi connectivity index (χ1n) is 9.30. The molecule has 2 heterocycles.